The first kappa shape index (κ1) is 8.90. The monoisotopic (exact) mass is 206 g/mol. The molecule has 4 nitrogen and oxygen atoms in total. The van der Waals surface area contributed by atoms with Crippen molar-refractivity contribution >= 4 is 17.4 Å². The lowest BCUT2D eigenvalue weighted by Crippen LogP contribution is -1.95. The Hall–Kier alpha value is -1.68. The Balaban J connectivity index is 2.57. The number of nitrogens with zero attached hydrogens (tertiary/aromatic N) is 3. The van der Waals surface area contributed by atoms with E-state index in [-0.39, 0.29) is 0 Å². The lowest BCUT2D eigenvalue weighted by molar-refractivity contribution is 1.04. The number of nitrogens with two attached hydrogens (primary N) is 1. The topological polar surface area (TPSA) is 64.7 Å². The highest BCUT2D eigenvalue weighted by Crippen LogP contribution is 2.24. The molecule has 0 radical (unpaired) electrons. The van der Waals surface area contributed by atoms with E-state index in [1.54, 1.807) is 12.3 Å². The normalized spacial score (nSPS) is 10.1. The molecule has 0 saturated carbocycles. The van der Waals surface area contributed by atoms with Crippen LogP contribution in [0.4, 0.5) is 5.82 Å². The summed E-state index contributed by atoms with van der Waals surface area (Å²) in [6, 6.07) is 7.19. The van der Waals surface area contributed by atoms with Crippen LogP contribution in [0.2, 0.25) is 5.15 Å². The Morgan fingerprint density at radius 3 is 2.79 bits per heavy atom. The number of hydrogen-bond acceptors (Lipinski definition) is 4. The zero-order valence-corrected chi connectivity index (χ0v) is 7.94. The van der Waals surface area contributed by atoms with Crippen molar-refractivity contribution < 1.29 is 0 Å². The molecule has 0 spiro atoms. The quantitative estimate of drug-likeness (QED) is 0.773. The third-order valence-corrected chi connectivity index (χ3v) is 1.99. The van der Waals surface area contributed by atoms with Crippen LogP contribution in [0.3, 0.4) is 0 Å². The number of hydrogen-bond donors (Lipinski definition) is 1. The highest BCUT2D eigenvalue weighted by molar-refractivity contribution is 6.32. The number of halogens is 1. The Kier molecular flexibility index (Phi) is 2.28. The zero-order valence-electron chi connectivity index (χ0n) is 7.18. The summed E-state index contributed by atoms with van der Waals surface area (Å²) in [4.78, 5) is 4.14. The van der Waals surface area contributed by atoms with Crippen molar-refractivity contribution in [1.82, 2.24) is 15.2 Å². The molecule has 0 aliphatic heterocycles. The van der Waals surface area contributed by atoms with E-state index in [0.717, 1.165) is 5.69 Å². The van der Waals surface area contributed by atoms with Gasteiger partial charge in [-0.15, -0.1) is 10.2 Å². The molecule has 0 fully saturated rings. The second-order valence-electron chi connectivity index (χ2n) is 2.69. The summed E-state index contributed by atoms with van der Waals surface area (Å²) in [7, 11) is 0. The number of pyridine rings is 1. The van der Waals surface area contributed by atoms with E-state index in [4.69, 9.17) is 17.3 Å². The van der Waals surface area contributed by atoms with E-state index in [9.17, 15) is 0 Å². The summed E-state index contributed by atoms with van der Waals surface area (Å²) < 4.78 is 0. The van der Waals surface area contributed by atoms with E-state index in [1.165, 1.54) is 0 Å². The van der Waals surface area contributed by atoms with Crippen LogP contribution in [0.1, 0.15) is 0 Å². The first-order valence-electron chi connectivity index (χ1n) is 3.97. The van der Waals surface area contributed by atoms with E-state index in [1.807, 2.05) is 18.2 Å². The average Bonchev–Trinajstić information content (AvgIpc) is 2.23. The molecule has 0 unspecified atom stereocenters. The predicted octanol–water partition coefficient (Wildman–Crippen LogP) is 1.77. The minimum atomic E-state index is 0.304. The molecule has 2 aromatic heterocycles. The van der Waals surface area contributed by atoms with Gasteiger partial charge >= 0.3 is 0 Å². The van der Waals surface area contributed by atoms with Gasteiger partial charge in [-0.05, 0) is 18.2 Å². The second kappa shape index (κ2) is 3.59. The zero-order chi connectivity index (χ0) is 9.97. The van der Waals surface area contributed by atoms with Gasteiger partial charge in [-0.25, -0.2) is 0 Å². The molecule has 2 N–H and O–H groups in total. The van der Waals surface area contributed by atoms with Crippen LogP contribution < -0.4 is 5.73 Å². The molecule has 0 aromatic carbocycles. The number of aromatic nitrogens is 3. The summed E-state index contributed by atoms with van der Waals surface area (Å²) in [6.45, 7) is 0. The molecule has 2 rings (SSSR count). The minimum Gasteiger partial charge on any atom is -0.382 e. The van der Waals surface area contributed by atoms with E-state index >= 15 is 0 Å². The van der Waals surface area contributed by atoms with Crippen molar-refractivity contribution in [3.05, 3.63) is 35.6 Å². The van der Waals surface area contributed by atoms with Crippen molar-refractivity contribution in [3.63, 3.8) is 0 Å². The molecule has 70 valence electrons. The third-order valence-electron chi connectivity index (χ3n) is 1.71. The van der Waals surface area contributed by atoms with Crippen molar-refractivity contribution in [2.75, 3.05) is 5.73 Å². The number of nitrogen functional groups attached to an aromatic ring is 1. The molecular formula is C9H7ClN4. The van der Waals surface area contributed by atoms with Gasteiger partial charge in [-0.1, -0.05) is 17.7 Å². The summed E-state index contributed by atoms with van der Waals surface area (Å²) in [5.74, 6) is 0.329. The van der Waals surface area contributed by atoms with Gasteiger partial charge in [0.2, 0.25) is 0 Å². The first-order chi connectivity index (χ1) is 6.77. The van der Waals surface area contributed by atoms with E-state index in [0.29, 0.717) is 16.5 Å². The maximum atomic E-state index is 5.86. The van der Waals surface area contributed by atoms with Gasteiger partial charge in [0, 0.05) is 11.8 Å². The minimum absolute atomic E-state index is 0.304. The van der Waals surface area contributed by atoms with Crippen molar-refractivity contribution in [3.8, 4) is 11.3 Å². The van der Waals surface area contributed by atoms with Crippen LogP contribution in [0.5, 0.6) is 0 Å². The Bertz CT molecular complexity index is 444. The molecule has 0 aliphatic rings. The van der Waals surface area contributed by atoms with Crippen molar-refractivity contribution in [2.45, 2.75) is 0 Å². The fourth-order valence-electron chi connectivity index (χ4n) is 1.09. The Morgan fingerprint density at radius 2 is 2.07 bits per heavy atom. The Morgan fingerprint density at radius 1 is 1.21 bits per heavy atom. The van der Waals surface area contributed by atoms with Crippen LogP contribution in [-0.4, -0.2) is 15.2 Å². The summed E-state index contributed by atoms with van der Waals surface area (Å²) >= 11 is 5.86. The van der Waals surface area contributed by atoms with Gasteiger partial charge < -0.3 is 5.73 Å². The fourth-order valence-corrected chi connectivity index (χ4v) is 1.28. The molecule has 14 heavy (non-hydrogen) atoms. The molecule has 2 aromatic rings. The van der Waals surface area contributed by atoms with Crippen LogP contribution in [-0.2, 0) is 0 Å². The summed E-state index contributed by atoms with van der Waals surface area (Å²) in [6.07, 6.45) is 1.68. The van der Waals surface area contributed by atoms with Gasteiger partial charge in [0.15, 0.2) is 5.15 Å². The van der Waals surface area contributed by atoms with Crippen LogP contribution in [0, 0.1) is 0 Å². The second-order valence-corrected chi connectivity index (χ2v) is 3.05. The van der Waals surface area contributed by atoms with Gasteiger partial charge in [0.25, 0.3) is 0 Å². The first-order valence-corrected chi connectivity index (χ1v) is 4.35. The predicted molar refractivity (Wildman–Crippen MR) is 54.7 cm³/mol. The lowest BCUT2D eigenvalue weighted by Gasteiger charge is -2.01. The maximum Gasteiger partial charge on any atom is 0.161 e. The summed E-state index contributed by atoms with van der Waals surface area (Å²) in [5.41, 5.74) is 6.93. The summed E-state index contributed by atoms with van der Waals surface area (Å²) in [5, 5.41) is 7.64. The standard InChI is InChI=1S/C9H7ClN4/c10-9-6(5-8(11)13-14-9)7-3-1-2-4-12-7/h1-5H,(H2,11,13). The van der Waals surface area contributed by atoms with Gasteiger partial charge in [-0.3, -0.25) is 4.98 Å². The highest BCUT2D eigenvalue weighted by Gasteiger charge is 2.06. The fraction of sp³-hybridized carbons (Fsp3) is 0. The molecule has 5 heteroatoms. The van der Waals surface area contributed by atoms with Crippen LogP contribution in [0.15, 0.2) is 30.5 Å². The third kappa shape index (κ3) is 1.65. The van der Waals surface area contributed by atoms with Gasteiger partial charge in [0.05, 0.1) is 5.69 Å². The average molecular weight is 207 g/mol. The van der Waals surface area contributed by atoms with Crippen molar-refractivity contribution in [1.29, 1.82) is 0 Å². The van der Waals surface area contributed by atoms with Crippen LogP contribution in [0.25, 0.3) is 11.3 Å². The smallest absolute Gasteiger partial charge is 0.161 e. The number of anilines is 1. The molecule has 0 amide bonds. The SMILES string of the molecule is Nc1cc(-c2ccccn2)c(Cl)nn1. The maximum absolute atomic E-state index is 5.86. The number of rotatable bonds is 1. The van der Waals surface area contributed by atoms with Crippen molar-refractivity contribution in [2.24, 2.45) is 0 Å². The van der Waals surface area contributed by atoms with Gasteiger partial charge in [0.1, 0.15) is 5.82 Å². The molecule has 0 aliphatic carbocycles. The Labute approximate surface area is 85.8 Å². The molecule has 2 heterocycles. The largest absolute Gasteiger partial charge is 0.382 e. The van der Waals surface area contributed by atoms with Gasteiger partial charge in [-0.2, -0.15) is 0 Å². The molecular weight excluding hydrogens is 200 g/mol. The molecule has 0 bridgehead atoms. The van der Waals surface area contributed by atoms with E-state index in [2.05, 4.69) is 15.2 Å². The lowest BCUT2D eigenvalue weighted by atomic mass is 10.2. The van der Waals surface area contributed by atoms with Crippen LogP contribution >= 0.6 is 11.6 Å². The van der Waals surface area contributed by atoms with E-state index < -0.39 is 0 Å². The molecule has 0 atom stereocenters. The molecule has 0 saturated heterocycles. The highest BCUT2D eigenvalue weighted by atomic mass is 35.5.